The Labute approximate surface area is 210 Å². The molecule has 1 fully saturated rings. The summed E-state index contributed by atoms with van der Waals surface area (Å²) in [5.41, 5.74) is 1.12. The van der Waals surface area contributed by atoms with Gasteiger partial charge >= 0.3 is 6.18 Å². The quantitative estimate of drug-likeness (QED) is 0.356. The van der Waals surface area contributed by atoms with E-state index in [-0.39, 0.29) is 26.5 Å². The minimum Gasteiger partial charge on any atom is -0.378 e. The van der Waals surface area contributed by atoms with Crippen LogP contribution in [0, 0.1) is 0 Å². The second-order valence-corrected chi connectivity index (χ2v) is 9.12. The molecule has 0 radical (unpaired) electrons. The van der Waals surface area contributed by atoms with Crippen molar-refractivity contribution in [1.29, 1.82) is 0 Å². The summed E-state index contributed by atoms with van der Waals surface area (Å²) in [5.74, 6) is -1.92. The van der Waals surface area contributed by atoms with Gasteiger partial charge in [-0.2, -0.15) is 13.2 Å². The number of benzene rings is 2. The average molecular weight is 541 g/mol. The summed E-state index contributed by atoms with van der Waals surface area (Å²) in [6.45, 7) is 2.20. The van der Waals surface area contributed by atoms with Gasteiger partial charge in [-0.3, -0.25) is 4.79 Å². The molecule has 0 saturated carbocycles. The molecule has 1 unspecified atom stereocenters. The van der Waals surface area contributed by atoms with E-state index < -0.39 is 12.1 Å². The summed E-state index contributed by atoms with van der Waals surface area (Å²) in [6.07, 6.45) is -1.48. The number of morpholine rings is 1. The first kappa shape index (κ1) is 26.2. The van der Waals surface area contributed by atoms with Crippen molar-refractivity contribution in [3.05, 3.63) is 73.2 Å². The van der Waals surface area contributed by atoms with E-state index in [1.54, 1.807) is 23.1 Å². The summed E-state index contributed by atoms with van der Waals surface area (Å²) >= 11 is 24.0. The van der Waals surface area contributed by atoms with E-state index in [1.807, 2.05) is 0 Å². The fraction of sp³-hybridized carbons (Fsp3) is 0.348. The van der Waals surface area contributed by atoms with Gasteiger partial charge in [-0.05, 0) is 41.3 Å². The van der Waals surface area contributed by atoms with Crippen LogP contribution in [0.25, 0.3) is 6.08 Å². The number of rotatable bonds is 6. The summed E-state index contributed by atoms with van der Waals surface area (Å²) < 4.78 is 46.4. The highest BCUT2D eigenvalue weighted by molar-refractivity contribution is 6.48. The van der Waals surface area contributed by atoms with Crippen LogP contribution in [0.15, 0.2) is 36.4 Å². The van der Waals surface area contributed by atoms with Gasteiger partial charge in [-0.25, -0.2) is 0 Å². The number of ether oxygens (including phenoxy) is 1. The third-order valence-electron chi connectivity index (χ3n) is 5.25. The van der Waals surface area contributed by atoms with Crippen molar-refractivity contribution < 1.29 is 22.7 Å². The van der Waals surface area contributed by atoms with Gasteiger partial charge in [0.05, 0.1) is 34.2 Å². The van der Waals surface area contributed by atoms with Crippen LogP contribution in [0.2, 0.25) is 20.1 Å². The predicted molar refractivity (Wildman–Crippen MR) is 126 cm³/mol. The molecule has 1 heterocycles. The SMILES string of the molecule is O=C(CCc1ccc(/C=C/C(c2cc(Cl)c(Cl)c(Cl)c2)C(F)(F)F)cc1Cl)N1CCOCC1. The molecular weight excluding hydrogens is 521 g/mol. The molecular formula is C23H20Cl4F3NO2. The van der Waals surface area contributed by atoms with Crippen LogP contribution in [0.3, 0.4) is 0 Å². The second-order valence-electron chi connectivity index (χ2n) is 7.52. The van der Waals surface area contributed by atoms with Crippen molar-refractivity contribution in [2.75, 3.05) is 26.3 Å². The highest BCUT2D eigenvalue weighted by Gasteiger charge is 2.39. The zero-order valence-electron chi connectivity index (χ0n) is 17.3. The van der Waals surface area contributed by atoms with Crippen LogP contribution in [-0.2, 0) is 16.0 Å². The Bertz CT molecular complexity index is 1010. The molecule has 2 aromatic carbocycles. The summed E-state index contributed by atoms with van der Waals surface area (Å²) in [7, 11) is 0. The molecule has 3 rings (SSSR count). The third-order valence-corrected chi connectivity index (χ3v) is 6.80. The Hall–Kier alpha value is -1.44. The molecule has 0 bridgehead atoms. The van der Waals surface area contributed by atoms with Crippen LogP contribution in [0.5, 0.6) is 0 Å². The highest BCUT2D eigenvalue weighted by atomic mass is 35.5. The van der Waals surface area contributed by atoms with Crippen molar-refractivity contribution in [3.63, 3.8) is 0 Å². The number of alkyl halides is 3. The van der Waals surface area contributed by atoms with Gasteiger partial charge in [-0.15, -0.1) is 0 Å². The summed E-state index contributed by atoms with van der Waals surface area (Å²) in [6, 6.07) is 7.25. The Kier molecular flexibility index (Phi) is 8.98. The number of hydrogen-bond donors (Lipinski definition) is 0. The van der Waals surface area contributed by atoms with Crippen molar-refractivity contribution in [2.45, 2.75) is 24.9 Å². The normalized spacial score (nSPS) is 15.8. The van der Waals surface area contributed by atoms with E-state index >= 15 is 0 Å². The molecule has 0 aromatic heterocycles. The maximum Gasteiger partial charge on any atom is 0.399 e. The molecule has 0 spiro atoms. The Morgan fingerprint density at radius 3 is 2.24 bits per heavy atom. The number of halogens is 7. The van der Waals surface area contributed by atoms with Gasteiger partial charge in [0.25, 0.3) is 0 Å². The van der Waals surface area contributed by atoms with Gasteiger partial charge in [0.15, 0.2) is 0 Å². The molecule has 33 heavy (non-hydrogen) atoms. The van der Waals surface area contributed by atoms with Gasteiger partial charge in [0, 0.05) is 24.5 Å². The van der Waals surface area contributed by atoms with Crippen LogP contribution in [0.1, 0.15) is 29.0 Å². The molecule has 178 valence electrons. The summed E-state index contributed by atoms with van der Waals surface area (Å²) in [4.78, 5) is 14.1. The Morgan fingerprint density at radius 1 is 1.03 bits per heavy atom. The zero-order valence-corrected chi connectivity index (χ0v) is 20.3. The Morgan fingerprint density at radius 2 is 1.67 bits per heavy atom. The molecule has 3 nitrogen and oxygen atoms in total. The minimum absolute atomic E-state index is 0.00135. The largest absolute Gasteiger partial charge is 0.399 e. The molecule has 1 atom stereocenters. The molecule has 1 aliphatic heterocycles. The van der Waals surface area contributed by atoms with Crippen molar-refractivity contribution >= 4 is 58.4 Å². The number of nitrogens with zero attached hydrogens (tertiary/aromatic N) is 1. The van der Waals surface area contributed by atoms with Gasteiger partial charge in [0.1, 0.15) is 0 Å². The number of amides is 1. The second kappa shape index (κ2) is 11.3. The number of aryl methyl sites for hydroxylation is 1. The monoisotopic (exact) mass is 539 g/mol. The highest BCUT2D eigenvalue weighted by Crippen LogP contribution is 2.41. The molecule has 1 saturated heterocycles. The molecule has 1 amide bonds. The first-order valence-corrected chi connectivity index (χ1v) is 11.6. The Balaban J connectivity index is 1.72. The summed E-state index contributed by atoms with van der Waals surface area (Å²) in [5, 5.41) is 0.274. The average Bonchev–Trinajstić information content (AvgIpc) is 2.76. The standard InChI is InChI=1S/C23H20Cl4F3NO2/c24-18-11-14(1-3-15(18)4-6-21(32)31-7-9-33-10-8-31)2-5-17(23(28,29)30)16-12-19(25)22(27)20(26)13-16/h1-3,5,11-13,17H,4,6-10H2/b5-2+. The van der Waals surface area contributed by atoms with Crippen LogP contribution < -0.4 is 0 Å². The first-order valence-electron chi connectivity index (χ1n) is 10.1. The van der Waals surface area contributed by atoms with Crippen LogP contribution >= 0.6 is 46.4 Å². The van der Waals surface area contributed by atoms with Crippen LogP contribution in [0.4, 0.5) is 13.2 Å². The van der Waals surface area contributed by atoms with E-state index in [2.05, 4.69) is 0 Å². The minimum atomic E-state index is -4.57. The lowest BCUT2D eigenvalue weighted by molar-refractivity contribution is -0.139. The molecule has 10 heteroatoms. The van der Waals surface area contributed by atoms with E-state index in [9.17, 15) is 18.0 Å². The molecule has 0 N–H and O–H groups in total. The van der Waals surface area contributed by atoms with Crippen LogP contribution in [-0.4, -0.2) is 43.3 Å². The molecule has 0 aliphatic carbocycles. The smallest absolute Gasteiger partial charge is 0.378 e. The van der Waals surface area contributed by atoms with Crippen molar-refractivity contribution in [3.8, 4) is 0 Å². The van der Waals surface area contributed by atoms with Crippen molar-refractivity contribution in [1.82, 2.24) is 4.90 Å². The fourth-order valence-corrected chi connectivity index (χ4v) is 4.35. The lowest BCUT2D eigenvalue weighted by atomic mass is 9.96. The number of hydrogen-bond acceptors (Lipinski definition) is 2. The molecule has 1 aliphatic rings. The van der Waals surface area contributed by atoms with E-state index in [0.29, 0.717) is 49.7 Å². The van der Waals surface area contributed by atoms with E-state index in [4.69, 9.17) is 51.1 Å². The predicted octanol–water partition coefficient (Wildman–Crippen LogP) is 7.45. The van der Waals surface area contributed by atoms with Gasteiger partial charge < -0.3 is 9.64 Å². The lowest BCUT2D eigenvalue weighted by Gasteiger charge is -2.26. The van der Waals surface area contributed by atoms with Crippen molar-refractivity contribution in [2.24, 2.45) is 0 Å². The number of allylic oxidation sites excluding steroid dienone is 1. The first-order chi connectivity index (χ1) is 15.6. The van der Waals surface area contributed by atoms with Gasteiger partial charge in [0.2, 0.25) is 5.91 Å². The third kappa shape index (κ3) is 7.03. The fourth-order valence-electron chi connectivity index (χ4n) is 3.45. The van der Waals surface area contributed by atoms with E-state index in [0.717, 1.165) is 23.8 Å². The maximum atomic E-state index is 13.7. The lowest BCUT2D eigenvalue weighted by Crippen LogP contribution is -2.40. The topological polar surface area (TPSA) is 29.5 Å². The zero-order chi connectivity index (χ0) is 24.2. The van der Waals surface area contributed by atoms with E-state index in [1.165, 1.54) is 6.08 Å². The molecule has 2 aromatic rings. The van der Waals surface area contributed by atoms with Gasteiger partial charge in [-0.1, -0.05) is 70.7 Å². The number of carbonyl (C=O) groups excluding carboxylic acids is 1. The maximum absolute atomic E-state index is 13.7. The number of carbonyl (C=O) groups is 1.